The summed E-state index contributed by atoms with van der Waals surface area (Å²) in [6, 6.07) is 22.1. The first kappa shape index (κ1) is 17.9. The number of rotatable bonds is 5. The number of nitrogens with zero attached hydrogens (tertiary/aromatic N) is 1. The molecular weight excluding hydrogens is 340 g/mol. The second kappa shape index (κ2) is 8.45. The highest BCUT2D eigenvalue weighted by atomic mass is 16.5. The molecule has 0 radical (unpaired) electrons. The van der Waals surface area contributed by atoms with Gasteiger partial charge in [-0.3, -0.25) is 4.79 Å². The highest BCUT2D eigenvalue weighted by Crippen LogP contribution is 2.22. The fraction of sp³-hybridized carbons (Fsp3) is 0.0455. The van der Waals surface area contributed by atoms with E-state index in [4.69, 9.17) is 10.00 Å². The Balaban J connectivity index is 1.54. The third-order valence-electron chi connectivity index (χ3n) is 3.86. The van der Waals surface area contributed by atoms with Gasteiger partial charge in [0.2, 0.25) is 0 Å². The lowest BCUT2D eigenvalue weighted by Gasteiger charge is -2.08. The molecule has 0 aromatic heterocycles. The number of carbonyl (C=O) groups excluding carboxylic acids is 2. The minimum absolute atomic E-state index is 0.375. The molecular formula is C22H16N2O3. The number of hydrogen-bond acceptors (Lipinski definition) is 4. The molecule has 0 fully saturated rings. The summed E-state index contributed by atoms with van der Waals surface area (Å²) in [5.41, 5.74) is 1.97. The van der Waals surface area contributed by atoms with Gasteiger partial charge in [0.05, 0.1) is 11.6 Å². The highest BCUT2D eigenvalue weighted by molar-refractivity contribution is 6.03. The third kappa shape index (κ3) is 4.80. The Labute approximate surface area is 156 Å². The van der Waals surface area contributed by atoms with Gasteiger partial charge in [0.25, 0.3) is 5.91 Å². The molecule has 27 heavy (non-hydrogen) atoms. The molecule has 0 unspecified atom stereocenters. The molecule has 1 amide bonds. The highest BCUT2D eigenvalue weighted by Gasteiger charge is 2.08. The first-order valence-electron chi connectivity index (χ1n) is 8.28. The Bertz CT molecular complexity index is 1040. The lowest BCUT2D eigenvalue weighted by atomic mass is 10.1. The molecule has 0 spiro atoms. The van der Waals surface area contributed by atoms with Gasteiger partial charge in [-0.1, -0.05) is 48.5 Å². The van der Waals surface area contributed by atoms with Gasteiger partial charge < -0.3 is 10.1 Å². The summed E-state index contributed by atoms with van der Waals surface area (Å²) < 4.78 is 4.96. The SMILES string of the molecule is N#Cc1ccc(/C=C/C(=O)OCC(=O)Nc2cccc3ccccc23)cc1. The van der Waals surface area contributed by atoms with Crippen molar-refractivity contribution in [1.29, 1.82) is 5.26 Å². The summed E-state index contributed by atoms with van der Waals surface area (Å²) in [6.07, 6.45) is 2.80. The molecule has 132 valence electrons. The summed E-state index contributed by atoms with van der Waals surface area (Å²) in [6.45, 7) is -0.375. The topological polar surface area (TPSA) is 79.2 Å². The third-order valence-corrected chi connectivity index (χ3v) is 3.86. The van der Waals surface area contributed by atoms with Crippen molar-refractivity contribution in [1.82, 2.24) is 0 Å². The van der Waals surface area contributed by atoms with Crippen LogP contribution in [0.2, 0.25) is 0 Å². The van der Waals surface area contributed by atoms with E-state index in [2.05, 4.69) is 5.32 Å². The number of esters is 1. The molecule has 3 aromatic carbocycles. The van der Waals surface area contributed by atoms with E-state index in [1.807, 2.05) is 42.5 Å². The smallest absolute Gasteiger partial charge is 0.331 e. The number of benzene rings is 3. The second-order valence-electron chi connectivity index (χ2n) is 5.75. The van der Waals surface area contributed by atoms with Crippen molar-refractivity contribution in [2.45, 2.75) is 0 Å². The normalized spacial score (nSPS) is 10.5. The van der Waals surface area contributed by atoms with E-state index >= 15 is 0 Å². The summed E-state index contributed by atoms with van der Waals surface area (Å²) >= 11 is 0. The van der Waals surface area contributed by atoms with Crippen LogP contribution in [0.4, 0.5) is 5.69 Å². The zero-order valence-corrected chi connectivity index (χ0v) is 14.4. The number of fused-ring (bicyclic) bond motifs is 1. The number of nitrogens with one attached hydrogen (secondary N) is 1. The molecule has 0 aliphatic carbocycles. The van der Waals surface area contributed by atoms with Gasteiger partial charge in [-0.15, -0.1) is 0 Å². The van der Waals surface area contributed by atoms with Gasteiger partial charge in [-0.25, -0.2) is 4.79 Å². The Morgan fingerprint density at radius 2 is 1.74 bits per heavy atom. The Morgan fingerprint density at radius 3 is 2.52 bits per heavy atom. The molecule has 5 nitrogen and oxygen atoms in total. The summed E-state index contributed by atoms with van der Waals surface area (Å²) in [5, 5.41) is 13.4. The van der Waals surface area contributed by atoms with Crippen LogP contribution in [0.25, 0.3) is 16.8 Å². The Kier molecular flexibility index (Phi) is 5.60. The molecule has 0 aliphatic rings. The second-order valence-corrected chi connectivity index (χ2v) is 5.75. The molecule has 1 N–H and O–H groups in total. The van der Waals surface area contributed by atoms with Crippen LogP contribution in [0.5, 0.6) is 0 Å². The number of nitriles is 1. The molecule has 0 heterocycles. The average molecular weight is 356 g/mol. The standard InChI is InChI=1S/C22H16N2O3/c23-14-17-10-8-16(9-11-17)12-13-22(26)27-15-21(25)24-20-7-3-5-18-4-1-2-6-19(18)20/h1-13H,15H2,(H,24,25)/b13-12+. The minimum Gasteiger partial charge on any atom is -0.452 e. The monoisotopic (exact) mass is 356 g/mol. The van der Waals surface area contributed by atoms with Gasteiger partial charge in [-0.2, -0.15) is 5.26 Å². The van der Waals surface area contributed by atoms with E-state index in [1.54, 1.807) is 36.4 Å². The van der Waals surface area contributed by atoms with E-state index in [1.165, 1.54) is 6.08 Å². The Hall–Kier alpha value is -3.91. The molecule has 0 aliphatic heterocycles. The van der Waals surface area contributed by atoms with E-state index < -0.39 is 11.9 Å². The average Bonchev–Trinajstić information content (AvgIpc) is 2.71. The van der Waals surface area contributed by atoms with Crippen LogP contribution >= 0.6 is 0 Å². The molecule has 0 saturated carbocycles. The van der Waals surface area contributed by atoms with Crippen LogP contribution < -0.4 is 5.32 Å². The van der Waals surface area contributed by atoms with Crippen LogP contribution in [0.1, 0.15) is 11.1 Å². The van der Waals surface area contributed by atoms with Gasteiger partial charge in [0, 0.05) is 17.1 Å². The maximum Gasteiger partial charge on any atom is 0.331 e. The van der Waals surface area contributed by atoms with Crippen molar-refractivity contribution in [3.8, 4) is 6.07 Å². The molecule has 5 heteroatoms. The number of anilines is 1. The molecule has 3 rings (SSSR count). The van der Waals surface area contributed by atoms with E-state index in [-0.39, 0.29) is 6.61 Å². The van der Waals surface area contributed by atoms with Gasteiger partial charge in [-0.05, 0) is 35.2 Å². The van der Waals surface area contributed by atoms with Crippen molar-refractivity contribution in [2.75, 3.05) is 11.9 Å². The van der Waals surface area contributed by atoms with E-state index in [0.717, 1.165) is 16.3 Å². The fourth-order valence-electron chi connectivity index (χ4n) is 2.54. The van der Waals surface area contributed by atoms with Gasteiger partial charge in [0.15, 0.2) is 6.61 Å². The molecule has 0 bridgehead atoms. The number of hydrogen-bond donors (Lipinski definition) is 1. The number of carbonyl (C=O) groups is 2. The number of amides is 1. The van der Waals surface area contributed by atoms with Crippen molar-refractivity contribution >= 4 is 34.4 Å². The summed E-state index contributed by atoms with van der Waals surface area (Å²) in [4.78, 5) is 23.8. The first-order chi connectivity index (χ1) is 13.2. The van der Waals surface area contributed by atoms with Crippen molar-refractivity contribution < 1.29 is 14.3 Å². The Morgan fingerprint density at radius 1 is 1.00 bits per heavy atom. The molecule has 3 aromatic rings. The van der Waals surface area contributed by atoms with Crippen LogP contribution in [0.3, 0.4) is 0 Å². The maximum atomic E-state index is 12.1. The minimum atomic E-state index is -0.618. The zero-order chi connectivity index (χ0) is 19.1. The van der Waals surface area contributed by atoms with E-state index in [9.17, 15) is 9.59 Å². The largest absolute Gasteiger partial charge is 0.452 e. The zero-order valence-electron chi connectivity index (χ0n) is 14.4. The first-order valence-corrected chi connectivity index (χ1v) is 8.28. The lowest BCUT2D eigenvalue weighted by molar-refractivity contribution is -0.142. The van der Waals surface area contributed by atoms with Crippen LogP contribution in [0.15, 0.2) is 72.8 Å². The lowest BCUT2D eigenvalue weighted by Crippen LogP contribution is -2.20. The van der Waals surface area contributed by atoms with Crippen LogP contribution in [-0.2, 0) is 14.3 Å². The summed E-state index contributed by atoms with van der Waals surface area (Å²) in [7, 11) is 0. The molecule has 0 atom stereocenters. The van der Waals surface area contributed by atoms with Crippen molar-refractivity contribution in [3.63, 3.8) is 0 Å². The van der Waals surface area contributed by atoms with Crippen LogP contribution in [0, 0.1) is 11.3 Å². The quantitative estimate of drug-likeness (QED) is 0.555. The maximum absolute atomic E-state index is 12.1. The fourth-order valence-corrected chi connectivity index (χ4v) is 2.54. The summed E-state index contributed by atoms with van der Waals surface area (Å²) in [5.74, 6) is -1.03. The van der Waals surface area contributed by atoms with Gasteiger partial charge >= 0.3 is 5.97 Å². The molecule has 0 saturated heterocycles. The van der Waals surface area contributed by atoms with E-state index in [0.29, 0.717) is 11.3 Å². The van der Waals surface area contributed by atoms with Crippen molar-refractivity contribution in [3.05, 3.63) is 83.9 Å². The van der Waals surface area contributed by atoms with Crippen LogP contribution in [-0.4, -0.2) is 18.5 Å². The number of ether oxygens (including phenoxy) is 1. The van der Waals surface area contributed by atoms with Crippen molar-refractivity contribution in [2.24, 2.45) is 0 Å². The van der Waals surface area contributed by atoms with Gasteiger partial charge in [0.1, 0.15) is 0 Å². The predicted octanol–water partition coefficient (Wildman–Crippen LogP) is 3.91. The predicted molar refractivity (Wildman–Crippen MR) is 104 cm³/mol.